The number of benzene rings is 2. The van der Waals surface area contributed by atoms with Crippen molar-refractivity contribution in [3.05, 3.63) is 53.6 Å². The van der Waals surface area contributed by atoms with Crippen molar-refractivity contribution in [2.45, 2.75) is 25.3 Å². The van der Waals surface area contributed by atoms with E-state index in [9.17, 15) is 0 Å². The Balaban J connectivity index is 1.58. The average molecular weight is 351 g/mol. The molecule has 1 N–H and O–H groups in total. The third-order valence-electron chi connectivity index (χ3n) is 5.35. The predicted molar refractivity (Wildman–Crippen MR) is 104 cm³/mol. The Morgan fingerprint density at radius 2 is 1.73 bits per heavy atom. The summed E-state index contributed by atoms with van der Waals surface area (Å²) in [4.78, 5) is 2.57. The summed E-state index contributed by atoms with van der Waals surface area (Å²) in [5.41, 5.74) is 8.16. The molecule has 26 heavy (non-hydrogen) atoms. The van der Waals surface area contributed by atoms with E-state index in [1.54, 1.807) is 14.2 Å². The van der Waals surface area contributed by atoms with Crippen molar-refractivity contribution in [1.82, 2.24) is 4.90 Å². The molecule has 1 saturated heterocycles. The van der Waals surface area contributed by atoms with E-state index in [2.05, 4.69) is 27.6 Å². The van der Waals surface area contributed by atoms with Gasteiger partial charge in [-0.15, -0.1) is 0 Å². The number of hydrogen-bond acceptors (Lipinski definition) is 5. The second-order valence-electron chi connectivity index (χ2n) is 6.82. The molecule has 0 bridgehead atoms. The Kier molecular flexibility index (Phi) is 4.80. The third-order valence-corrected chi connectivity index (χ3v) is 5.35. The normalized spacial score (nSPS) is 21.0. The van der Waals surface area contributed by atoms with Crippen LogP contribution in [0.3, 0.4) is 0 Å². The molecule has 2 heterocycles. The van der Waals surface area contributed by atoms with Crippen LogP contribution in [0.2, 0.25) is 0 Å². The van der Waals surface area contributed by atoms with Crippen LogP contribution in [0, 0.1) is 0 Å². The molecular weight excluding hydrogens is 326 g/mol. The Labute approximate surface area is 154 Å². The molecule has 0 saturated carbocycles. The van der Waals surface area contributed by atoms with Crippen LogP contribution >= 0.6 is 0 Å². The van der Waals surface area contributed by atoms with Gasteiger partial charge < -0.3 is 9.47 Å². The van der Waals surface area contributed by atoms with E-state index < -0.39 is 0 Å². The number of nitrogens with one attached hydrogen (secondary N) is 1. The first-order valence-corrected chi connectivity index (χ1v) is 9.14. The van der Waals surface area contributed by atoms with Crippen LogP contribution < -0.4 is 14.9 Å². The molecule has 1 unspecified atom stereocenters. The van der Waals surface area contributed by atoms with Crippen molar-refractivity contribution in [3.8, 4) is 11.5 Å². The minimum absolute atomic E-state index is 0.364. The fourth-order valence-electron chi connectivity index (χ4n) is 3.94. The molecule has 1 fully saturated rings. The first-order valence-electron chi connectivity index (χ1n) is 9.14. The second kappa shape index (κ2) is 7.38. The molecule has 136 valence electrons. The molecule has 2 aromatic rings. The van der Waals surface area contributed by atoms with E-state index in [0.717, 1.165) is 49.5 Å². The molecule has 0 spiro atoms. The SMILES string of the molecule is COc1cc2c(cc1OC)C1CC(=NNc3ccccc3)CCN1CC2. The van der Waals surface area contributed by atoms with E-state index in [-0.39, 0.29) is 0 Å². The van der Waals surface area contributed by atoms with Gasteiger partial charge in [0.2, 0.25) is 0 Å². The first-order chi connectivity index (χ1) is 12.8. The molecule has 5 heteroatoms. The van der Waals surface area contributed by atoms with Crippen LogP contribution in [0.4, 0.5) is 5.69 Å². The number of nitrogens with zero attached hydrogens (tertiary/aromatic N) is 2. The van der Waals surface area contributed by atoms with Gasteiger partial charge in [0.25, 0.3) is 0 Å². The average Bonchev–Trinajstić information content (AvgIpc) is 2.71. The smallest absolute Gasteiger partial charge is 0.161 e. The van der Waals surface area contributed by atoms with Gasteiger partial charge in [0.1, 0.15) is 0 Å². The van der Waals surface area contributed by atoms with Crippen molar-refractivity contribution in [2.24, 2.45) is 5.10 Å². The highest BCUT2D eigenvalue weighted by atomic mass is 16.5. The number of ether oxygens (including phenoxy) is 2. The van der Waals surface area contributed by atoms with Gasteiger partial charge in [-0.2, -0.15) is 5.10 Å². The Morgan fingerprint density at radius 1 is 1.00 bits per heavy atom. The van der Waals surface area contributed by atoms with Crippen LogP contribution in [0.1, 0.15) is 30.0 Å². The fourth-order valence-corrected chi connectivity index (χ4v) is 3.94. The molecule has 0 amide bonds. The van der Waals surface area contributed by atoms with Crippen molar-refractivity contribution in [2.75, 3.05) is 32.7 Å². The molecule has 5 nitrogen and oxygen atoms in total. The minimum Gasteiger partial charge on any atom is -0.493 e. The van der Waals surface area contributed by atoms with Crippen LogP contribution in [0.25, 0.3) is 0 Å². The highest BCUT2D eigenvalue weighted by Gasteiger charge is 2.33. The molecule has 2 aliphatic heterocycles. The highest BCUT2D eigenvalue weighted by molar-refractivity contribution is 5.87. The summed E-state index contributed by atoms with van der Waals surface area (Å²) >= 11 is 0. The summed E-state index contributed by atoms with van der Waals surface area (Å²) in [6.07, 6.45) is 3.02. The summed E-state index contributed by atoms with van der Waals surface area (Å²) in [5, 5.41) is 4.68. The van der Waals surface area contributed by atoms with Gasteiger partial charge in [-0.05, 0) is 41.8 Å². The number of methoxy groups -OCH3 is 2. The molecule has 4 rings (SSSR count). The topological polar surface area (TPSA) is 46.1 Å². The van der Waals surface area contributed by atoms with Crippen LogP contribution in [-0.2, 0) is 6.42 Å². The lowest BCUT2D eigenvalue weighted by atomic mass is 9.86. The lowest BCUT2D eigenvalue weighted by Gasteiger charge is -2.41. The van der Waals surface area contributed by atoms with Gasteiger partial charge in [-0.1, -0.05) is 18.2 Å². The van der Waals surface area contributed by atoms with Crippen molar-refractivity contribution < 1.29 is 9.47 Å². The molecule has 0 radical (unpaired) electrons. The first kappa shape index (κ1) is 16.9. The standard InChI is InChI=1S/C21H25N3O2/c1-25-20-12-15-8-10-24-11-9-17(23-22-16-6-4-3-5-7-16)13-19(24)18(15)14-21(20)26-2/h3-7,12,14,19,22H,8-11,13H2,1-2H3. The summed E-state index contributed by atoms with van der Waals surface area (Å²) in [7, 11) is 3.39. The van der Waals surface area contributed by atoms with Gasteiger partial charge in [0.05, 0.1) is 19.9 Å². The Hall–Kier alpha value is -2.53. The van der Waals surface area contributed by atoms with E-state index in [1.807, 2.05) is 30.3 Å². The molecule has 1 atom stereocenters. The van der Waals surface area contributed by atoms with E-state index >= 15 is 0 Å². The van der Waals surface area contributed by atoms with Crippen molar-refractivity contribution in [3.63, 3.8) is 0 Å². The largest absolute Gasteiger partial charge is 0.493 e. The van der Waals surface area contributed by atoms with Gasteiger partial charge in [-0.25, -0.2) is 0 Å². The maximum atomic E-state index is 5.53. The van der Waals surface area contributed by atoms with Gasteiger partial charge in [-0.3, -0.25) is 10.3 Å². The highest BCUT2D eigenvalue weighted by Crippen LogP contribution is 2.41. The van der Waals surface area contributed by atoms with Crippen LogP contribution in [0.5, 0.6) is 11.5 Å². The van der Waals surface area contributed by atoms with Gasteiger partial charge in [0.15, 0.2) is 11.5 Å². The lowest BCUT2D eigenvalue weighted by molar-refractivity contribution is 0.179. The van der Waals surface area contributed by atoms with E-state index in [4.69, 9.17) is 9.47 Å². The maximum Gasteiger partial charge on any atom is 0.161 e. The van der Waals surface area contributed by atoms with Crippen LogP contribution in [0.15, 0.2) is 47.6 Å². The van der Waals surface area contributed by atoms with Crippen LogP contribution in [-0.4, -0.2) is 37.9 Å². The number of para-hydroxylation sites is 1. The molecule has 2 aliphatic rings. The van der Waals surface area contributed by atoms with Crippen molar-refractivity contribution >= 4 is 11.4 Å². The summed E-state index contributed by atoms with van der Waals surface area (Å²) in [5.74, 6) is 1.62. The van der Waals surface area contributed by atoms with Gasteiger partial charge >= 0.3 is 0 Å². The Morgan fingerprint density at radius 3 is 2.50 bits per heavy atom. The van der Waals surface area contributed by atoms with Gasteiger partial charge in [0, 0.05) is 37.7 Å². The molecular formula is C21H25N3O2. The lowest BCUT2D eigenvalue weighted by Crippen LogP contribution is -2.41. The van der Waals surface area contributed by atoms with Crippen molar-refractivity contribution in [1.29, 1.82) is 0 Å². The zero-order valence-corrected chi connectivity index (χ0v) is 15.4. The molecule has 0 aliphatic carbocycles. The fraction of sp³-hybridized carbons (Fsp3) is 0.381. The summed E-state index contributed by atoms with van der Waals surface area (Å²) in [6.45, 7) is 2.14. The number of rotatable bonds is 4. The monoisotopic (exact) mass is 351 g/mol. The number of fused-ring (bicyclic) bond motifs is 3. The van der Waals surface area contributed by atoms with E-state index in [0.29, 0.717) is 6.04 Å². The Bertz CT molecular complexity index is 804. The maximum absolute atomic E-state index is 5.53. The predicted octanol–water partition coefficient (Wildman–Crippen LogP) is 3.86. The molecule has 0 aromatic heterocycles. The number of hydrazone groups is 1. The van der Waals surface area contributed by atoms with E-state index in [1.165, 1.54) is 16.8 Å². The quantitative estimate of drug-likeness (QED) is 0.850. The third kappa shape index (κ3) is 3.27. The number of anilines is 1. The number of piperidine rings is 1. The summed E-state index contributed by atoms with van der Waals surface area (Å²) < 4.78 is 11.0. The number of hydrogen-bond donors (Lipinski definition) is 1. The minimum atomic E-state index is 0.364. The zero-order chi connectivity index (χ0) is 17.9. The second-order valence-corrected chi connectivity index (χ2v) is 6.82. The summed E-state index contributed by atoms with van der Waals surface area (Å²) in [6, 6.07) is 14.8. The zero-order valence-electron chi connectivity index (χ0n) is 15.4. The molecule has 2 aromatic carbocycles.